The summed E-state index contributed by atoms with van der Waals surface area (Å²) in [5, 5.41) is 1.03. The summed E-state index contributed by atoms with van der Waals surface area (Å²) in [7, 11) is 0. The average molecular weight is 358 g/mol. The largest absolute Gasteiger partial charge is 0.289 e. The summed E-state index contributed by atoms with van der Waals surface area (Å²) in [6.07, 6.45) is 4.63. The molecule has 1 aliphatic rings. The van der Waals surface area contributed by atoms with Gasteiger partial charge in [0, 0.05) is 23.3 Å². The number of imidazole rings is 1. The highest BCUT2D eigenvalue weighted by atomic mass is 15.0. The van der Waals surface area contributed by atoms with Gasteiger partial charge >= 0.3 is 0 Å². The van der Waals surface area contributed by atoms with Crippen molar-refractivity contribution in [3.63, 3.8) is 0 Å². The summed E-state index contributed by atoms with van der Waals surface area (Å²) in [5.74, 6) is 0. The molecule has 7 rings (SSSR count). The van der Waals surface area contributed by atoms with Gasteiger partial charge in [-0.3, -0.25) is 14.4 Å². The van der Waals surface area contributed by atoms with Crippen LogP contribution in [0.2, 0.25) is 0 Å². The molecule has 6 aromatic rings. The molecule has 0 spiro atoms. The summed E-state index contributed by atoms with van der Waals surface area (Å²) in [6, 6.07) is 21.2. The molecule has 0 unspecified atom stereocenters. The third-order valence-corrected chi connectivity index (χ3v) is 5.87. The molecule has 4 aromatic heterocycles. The standard InChI is InChI=1S/C24H14N4/c1-2-6-16-14(5-1)13-15-9-10-18-23(20(15)16)28-19-8-4-12-26-22(19)21-17(24(28)27-18)7-3-11-25-21/h1-12H,13H2. The maximum Gasteiger partial charge on any atom is 0.148 e. The molecule has 4 heteroatoms. The van der Waals surface area contributed by atoms with E-state index in [-0.39, 0.29) is 0 Å². The van der Waals surface area contributed by atoms with Gasteiger partial charge in [0.25, 0.3) is 0 Å². The Morgan fingerprint density at radius 2 is 1.61 bits per heavy atom. The monoisotopic (exact) mass is 358 g/mol. The zero-order chi connectivity index (χ0) is 18.2. The van der Waals surface area contributed by atoms with Gasteiger partial charge in [-0.1, -0.05) is 30.3 Å². The third-order valence-electron chi connectivity index (χ3n) is 5.87. The third kappa shape index (κ3) is 1.63. The Balaban J connectivity index is 1.82. The molecule has 28 heavy (non-hydrogen) atoms. The predicted molar refractivity (Wildman–Crippen MR) is 112 cm³/mol. The lowest BCUT2D eigenvalue weighted by Crippen LogP contribution is -1.95. The van der Waals surface area contributed by atoms with Gasteiger partial charge in [-0.2, -0.15) is 0 Å². The van der Waals surface area contributed by atoms with Crippen LogP contribution < -0.4 is 0 Å². The van der Waals surface area contributed by atoms with Crippen molar-refractivity contribution in [2.24, 2.45) is 0 Å². The van der Waals surface area contributed by atoms with Crippen LogP contribution in [-0.4, -0.2) is 19.4 Å². The lowest BCUT2D eigenvalue weighted by molar-refractivity contribution is 1.26. The fraction of sp³-hybridized carbons (Fsp3) is 0.0417. The van der Waals surface area contributed by atoms with Gasteiger partial charge in [-0.25, -0.2) is 4.98 Å². The van der Waals surface area contributed by atoms with Crippen LogP contribution in [0.1, 0.15) is 11.1 Å². The number of nitrogens with zero attached hydrogens (tertiary/aromatic N) is 4. The van der Waals surface area contributed by atoms with Crippen LogP contribution in [0.4, 0.5) is 0 Å². The highest BCUT2D eigenvalue weighted by molar-refractivity contribution is 6.12. The Kier molecular flexibility index (Phi) is 2.51. The van der Waals surface area contributed by atoms with E-state index >= 15 is 0 Å². The summed E-state index contributed by atoms with van der Waals surface area (Å²) in [5.41, 5.74) is 11.3. The highest BCUT2D eigenvalue weighted by Crippen LogP contribution is 2.42. The number of fused-ring (bicyclic) bond motifs is 12. The SMILES string of the molecule is c1ccc2c(c1)Cc1ccc3nc4c5cccnc5c5ncccc5n4c3c1-2. The predicted octanol–water partition coefficient (Wildman–Crippen LogP) is 5.16. The van der Waals surface area contributed by atoms with Gasteiger partial charge in [0.15, 0.2) is 0 Å². The van der Waals surface area contributed by atoms with Gasteiger partial charge in [-0.05, 0) is 53.4 Å². The maximum absolute atomic E-state index is 5.04. The molecular weight excluding hydrogens is 344 g/mol. The topological polar surface area (TPSA) is 43.1 Å². The number of rotatable bonds is 0. The first-order valence-corrected chi connectivity index (χ1v) is 9.44. The first kappa shape index (κ1) is 14.3. The Bertz CT molecular complexity index is 1590. The van der Waals surface area contributed by atoms with Crippen molar-refractivity contribution in [2.75, 3.05) is 0 Å². The first-order chi connectivity index (χ1) is 13.9. The normalized spacial score (nSPS) is 12.9. The van der Waals surface area contributed by atoms with Gasteiger partial charge in [0.2, 0.25) is 0 Å². The van der Waals surface area contributed by atoms with Crippen LogP contribution in [0.3, 0.4) is 0 Å². The molecule has 0 fully saturated rings. The number of pyridine rings is 3. The molecule has 0 saturated carbocycles. The van der Waals surface area contributed by atoms with E-state index in [4.69, 9.17) is 4.98 Å². The van der Waals surface area contributed by atoms with Gasteiger partial charge < -0.3 is 0 Å². The second-order valence-corrected chi connectivity index (χ2v) is 7.34. The molecule has 0 aliphatic heterocycles. The second-order valence-electron chi connectivity index (χ2n) is 7.34. The van der Waals surface area contributed by atoms with E-state index < -0.39 is 0 Å². The van der Waals surface area contributed by atoms with E-state index in [1.807, 2.05) is 24.5 Å². The number of hydrogen-bond donors (Lipinski definition) is 0. The zero-order valence-electron chi connectivity index (χ0n) is 14.9. The summed E-state index contributed by atoms with van der Waals surface area (Å²) in [6.45, 7) is 0. The molecular formula is C24H14N4. The van der Waals surface area contributed by atoms with E-state index in [0.29, 0.717) is 0 Å². The minimum Gasteiger partial charge on any atom is -0.289 e. The van der Waals surface area contributed by atoms with E-state index in [1.165, 1.54) is 27.8 Å². The Labute approximate surface area is 160 Å². The van der Waals surface area contributed by atoms with Crippen molar-refractivity contribution in [1.29, 1.82) is 0 Å². The Morgan fingerprint density at radius 1 is 0.750 bits per heavy atom. The lowest BCUT2D eigenvalue weighted by atomic mass is 10.0. The van der Waals surface area contributed by atoms with E-state index in [0.717, 1.165) is 39.5 Å². The number of aromatic nitrogens is 4. The van der Waals surface area contributed by atoms with Crippen LogP contribution in [0.5, 0.6) is 0 Å². The smallest absolute Gasteiger partial charge is 0.148 e. The zero-order valence-corrected chi connectivity index (χ0v) is 14.9. The quantitative estimate of drug-likeness (QED) is 0.352. The number of hydrogen-bond acceptors (Lipinski definition) is 3. The van der Waals surface area contributed by atoms with Crippen molar-refractivity contribution in [3.05, 3.63) is 84.2 Å². The van der Waals surface area contributed by atoms with Gasteiger partial charge in [0.1, 0.15) is 16.7 Å². The van der Waals surface area contributed by atoms with Gasteiger partial charge in [-0.15, -0.1) is 0 Å². The second kappa shape index (κ2) is 4.93. The Hall–Kier alpha value is -3.79. The highest BCUT2D eigenvalue weighted by Gasteiger charge is 2.24. The van der Waals surface area contributed by atoms with Crippen LogP contribution in [0.15, 0.2) is 73.1 Å². The average Bonchev–Trinajstić information content (AvgIpc) is 3.32. The van der Waals surface area contributed by atoms with Crippen LogP contribution >= 0.6 is 0 Å². The lowest BCUT2D eigenvalue weighted by Gasteiger charge is -2.09. The van der Waals surface area contributed by atoms with E-state index in [1.54, 1.807) is 0 Å². The van der Waals surface area contributed by atoms with Crippen LogP contribution in [0.25, 0.3) is 49.7 Å². The summed E-state index contributed by atoms with van der Waals surface area (Å²) in [4.78, 5) is 14.3. The summed E-state index contributed by atoms with van der Waals surface area (Å²) < 4.78 is 2.28. The number of benzene rings is 2. The first-order valence-electron chi connectivity index (χ1n) is 9.44. The van der Waals surface area contributed by atoms with E-state index in [9.17, 15) is 0 Å². The van der Waals surface area contributed by atoms with Crippen LogP contribution in [0, 0.1) is 0 Å². The molecule has 130 valence electrons. The van der Waals surface area contributed by atoms with Gasteiger partial charge in [0.05, 0.1) is 16.6 Å². The molecule has 2 aromatic carbocycles. The maximum atomic E-state index is 5.04. The van der Waals surface area contributed by atoms with Crippen LogP contribution in [-0.2, 0) is 6.42 Å². The van der Waals surface area contributed by atoms with Crippen molar-refractivity contribution in [3.8, 4) is 11.1 Å². The van der Waals surface area contributed by atoms with Crippen molar-refractivity contribution in [2.45, 2.75) is 6.42 Å². The Morgan fingerprint density at radius 3 is 2.57 bits per heavy atom. The molecule has 1 aliphatic carbocycles. The minimum absolute atomic E-state index is 0.901. The molecule has 0 amide bonds. The molecule has 0 N–H and O–H groups in total. The molecule has 0 bridgehead atoms. The van der Waals surface area contributed by atoms with Crippen molar-refractivity contribution >= 4 is 38.6 Å². The minimum atomic E-state index is 0.901. The van der Waals surface area contributed by atoms with E-state index in [2.05, 4.69) is 62.9 Å². The molecule has 4 nitrogen and oxygen atoms in total. The fourth-order valence-electron chi connectivity index (χ4n) is 4.73. The van der Waals surface area contributed by atoms with Crippen molar-refractivity contribution in [1.82, 2.24) is 19.4 Å². The van der Waals surface area contributed by atoms with Crippen molar-refractivity contribution < 1.29 is 0 Å². The molecule has 4 heterocycles. The fourth-order valence-corrected chi connectivity index (χ4v) is 4.73. The molecule has 0 radical (unpaired) electrons. The molecule has 0 atom stereocenters. The summed E-state index contributed by atoms with van der Waals surface area (Å²) >= 11 is 0. The molecule has 0 saturated heterocycles.